The van der Waals surface area contributed by atoms with Crippen LogP contribution in [-0.2, 0) is 19.1 Å². The topological polar surface area (TPSA) is 99.4 Å². The van der Waals surface area contributed by atoms with Crippen LogP contribution in [-0.4, -0.2) is 75.6 Å². The van der Waals surface area contributed by atoms with E-state index in [1.807, 2.05) is 0 Å². The van der Waals surface area contributed by atoms with Crippen molar-refractivity contribution < 1.29 is 19.1 Å². The number of rotatable bonds is 6. The molecule has 1 aliphatic carbocycles. The molecule has 1 saturated carbocycles. The van der Waals surface area contributed by atoms with Gasteiger partial charge in [0.15, 0.2) is 0 Å². The first-order valence-corrected chi connectivity index (χ1v) is 8.43. The molecule has 2 fully saturated rings. The number of carbonyl (C=O) groups is 2. The lowest BCUT2D eigenvalue weighted by Crippen LogP contribution is -2.42. The number of carbonyl (C=O) groups excluding carboxylic acids is 2. The third-order valence-electron chi connectivity index (χ3n) is 4.07. The third-order valence-corrected chi connectivity index (χ3v) is 4.99. The van der Waals surface area contributed by atoms with E-state index < -0.39 is 12.0 Å². The lowest BCUT2D eigenvalue weighted by Gasteiger charge is -2.22. The fourth-order valence-electron chi connectivity index (χ4n) is 2.64. The average Bonchev–Trinajstić information content (AvgIpc) is 3.14. The second kappa shape index (κ2) is 6.83. The highest BCUT2D eigenvalue weighted by Crippen LogP contribution is 2.36. The number of thioether (sulfide) groups is 1. The summed E-state index contributed by atoms with van der Waals surface area (Å²) in [6.07, 6.45) is 2.45. The minimum Gasteiger partial charge on any atom is -0.467 e. The van der Waals surface area contributed by atoms with Gasteiger partial charge in [-0.05, 0) is 23.3 Å². The zero-order valence-electron chi connectivity index (χ0n) is 13.0. The maximum absolute atomic E-state index is 12.5. The van der Waals surface area contributed by atoms with Crippen molar-refractivity contribution in [1.82, 2.24) is 25.1 Å². The third kappa shape index (κ3) is 3.47. The first-order chi connectivity index (χ1) is 11.1. The number of amides is 1. The Labute approximate surface area is 137 Å². The molecule has 0 bridgehead atoms. The predicted octanol–water partition coefficient (Wildman–Crippen LogP) is -0.111. The van der Waals surface area contributed by atoms with Gasteiger partial charge in [-0.15, -0.1) is 5.10 Å². The average molecular weight is 341 g/mol. The number of esters is 1. The Morgan fingerprint density at radius 2 is 2.13 bits per heavy atom. The molecule has 9 nitrogen and oxygen atoms in total. The van der Waals surface area contributed by atoms with Gasteiger partial charge in [0.25, 0.3) is 0 Å². The largest absolute Gasteiger partial charge is 0.467 e. The molecule has 2 aliphatic rings. The predicted molar refractivity (Wildman–Crippen MR) is 79.7 cm³/mol. The Bertz CT molecular complexity index is 591. The van der Waals surface area contributed by atoms with E-state index in [1.165, 1.54) is 23.8 Å². The number of ether oxygens (including phenoxy) is 2. The molecule has 1 aliphatic heterocycles. The molecule has 0 radical (unpaired) electrons. The summed E-state index contributed by atoms with van der Waals surface area (Å²) < 4.78 is 11.8. The summed E-state index contributed by atoms with van der Waals surface area (Å²) in [6, 6.07) is -0.229. The van der Waals surface area contributed by atoms with E-state index in [0.29, 0.717) is 24.2 Å². The highest BCUT2D eigenvalue weighted by atomic mass is 32.2. The highest BCUT2D eigenvalue weighted by molar-refractivity contribution is 7.99. The van der Waals surface area contributed by atoms with Crippen LogP contribution in [0.1, 0.15) is 25.3 Å². The van der Waals surface area contributed by atoms with Crippen molar-refractivity contribution in [3.63, 3.8) is 0 Å². The maximum Gasteiger partial charge on any atom is 0.328 e. The molecule has 1 saturated heterocycles. The summed E-state index contributed by atoms with van der Waals surface area (Å²) in [4.78, 5) is 25.9. The normalized spacial score (nSPS) is 24.0. The van der Waals surface area contributed by atoms with Gasteiger partial charge < -0.3 is 14.4 Å². The molecular formula is C13H19N5O4S. The number of nitrogens with zero attached hydrogens (tertiary/aromatic N) is 5. The number of aromatic nitrogens is 4. The van der Waals surface area contributed by atoms with Gasteiger partial charge in [-0.1, -0.05) is 11.8 Å². The molecule has 10 heteroatoms. The summed E-state index contributed by atoms with van der Waals surface area (Å²) in [6.45, 7) is 0.392. The Hall–Kier alpha value is -1.68. The first-order valence-electron chi connectivity index (χ1n) is 7.44. The lowest BCUT2D eigenvalue weighted by molar-refractivity contribution is -0.150. The smallest absolute Gasteiger partial charge is 0.328 e. The molecular weight excluding hydrogens is 322 g/mol. The minimum atomic E-state index is -0.586. The molecule has 1 amide bonds. The molecule has 23 heavy (non-hydrogen) atoms. The SMILES string of the molecule is COC(=O)[C@@H]1C[C@H](OC)CN1C(=O)CSc1nnnn1C1CC1. The maximum atomic E-state index is 12.5. The van der Waals surface area contributed by atoms with E-state index in [2.05, 4.69) is 15.5 Å². The van der Waals surface area contributed by atoms with Gasteiger partial charge in [0, 0.05) is 20.1 Å². The van der Waals surface area contributed by atoms with Crippen LogP contribution in [0.25, 0.3) is 0 Å². The number of hydrogen-bond acceptors (Lipinski definition) is 8. The Morgan fingerprint density at radius 3 is 2.78 bits per heavy atom. The molecule has 0 N–H and O–H groups in total. The van der Waals surface area contributed by atoms with E-state index in [1.54, 1.807) is 11.8 Å². The van der Waals surface area contributed by atoms with Crippen LogP contribution in [0.3, 0.4) is 0 Å². The zero-order valence-corrected chi connectivity index (χ0v) is 13.9. The van der Waals surface area contributed by atoms with Crippen molar-refractivity contribution in [2.24, 2.45) is 0 Å². The van der Waals surface area contributed by atoms with E-state index >= 15 is 0 Å². The molecule has 126 valence electrons. The van der Waals surface area contributed by atoms with Crippen molar-refractivity contribution in [2.45, 2.75) is 42.6 Å². The summed E-state index contributed by atoms with van der Waals surface area (Å²) in [5.74, 6) is -0.377. The van der Waals surface area contributed by atoms with Crippen molar-refractivity contribution in [3.8, 4) is 0 Å². The van der Waals surface area contributed by atoms with Gasteiger partial charge in [0.2, 0.25) is 11.1 Å². The number of likely N-dealkylation sites (tertiary alicyclic amines) is 1. The molecule has 2 heterocycles. The van der Waals surface area contributed by atoms with E-state index in [4.69, 9.17) is 9.47 Å². The first kappa shape index (κ1) is 16.2. The van der Waals surface area contributed by atoms with Crippen LogP contribution in [0.5, 0.6) is 0 Å². The van der Waals surface area contributed by atoms with E-state index in [-0.39, 0.29) is 17.8 Å². The molecule has 1 aromatic heterocycles. The van der Waals surface area contributed by atoms with Crippen molar-refractivity contribution >= 4 is 23.6 Å². The van der Waals surface area contributed by atoms with Crippen LogP contribution < -0.4 is 0 Å². The van der Waals surface area contributed by atoms with Crippen molar-refractivity contribution in [3.05, 3.63) is 0 Å². The minimum absolute atomic E-state index is 0.143. The second-order valence-corrected chi connectivity index (χ2v) is 6.55. The Kier molecular flexibility index (Phi) is 4.81. The van der Waals surface area contributed by atoms with Gasteiger partial charge in [-0.2, -0.15) is 0 Å². The number of methoxy groups -OCH3 is 2. The standard InChI is InChI=1S/C13H19N5O4S/c1-21-9-5-10(12(20)22-2)17(6-9)11(19)7-23-13-14-15-16-18(13)8-3-4-8/h8-10H,3-7H2,1-2H3/t9-,10-/m0/s1. The van der Waals surface area contributed by atoms with Crippen LogP contribution in [0.2, 0.25) is 0 Å². The zero-order chi connectivity index (χ0) is 16.4. The van der Waals surface area contributed by atoms with Crippen LogP contribution in [0.15, 0.2) is 5.16 Å². The fraction of sp³-hybridized carbons (Fsp3) is 0.769. The van der Waals surface area contributed by atoms with Crippen molar-refractivity contribution in [1.29, 1.82) is 0 Å². The summed E-state index contributed by atoms with van der Waals surface area (Å²) >= 11 is 1.29. The van der Waals surface area contributed by atoms with Gasteiger partial charge in [0.1, 0.15) is 6.04 Å². The molecule has 0 aromatic carbocycles. The quantitative estimate of drug-likeness (QED) is 0.522. The van der Waals surface area contributed by atoms with E-state index in [0.717, 1.165) is 12.8 Å². The summed E-state index contributed by atoms with van der Waals surface area (Å²) in [5.41, 5.74) is 0. The summed E-state index contributed by atoms with van der Waals surface area (Å²) in [5, 5.41) is 12.2. The van der Waals surface area contributed by atoms with Crippen LogP contribution in [0, 0.1) is 0 Å². The van der Waals surface area contributed by atoms with Crippen LogP contribution >= 0.6 is 11.8 Å². The Morgan fingerprint density at radius 1 is 1.35 bits per heavy atom. The number of tetrazole rings is 1. The Balaban J connectivity index is 1.61. The highest BCUT2D eigenvalue weighted by Gasteiger charge is 2.40. The number of hydrogen-bond donors (Lipinski definition) is 0. The molecule has 0 spiro atoms. The lowest BCUT2D eigenvalue weighted by atomic mass is 10.2. The monoisotopic (exact) mass is 341 g/mol. The summed E-state index contributed by atoms with van der Waals surface area (Å²) in [7, 11) is 2.90. The fourth-order valence-corrected chi connectivity index (χ4v) is 3.47. The molecule has 1 aromatic rings. The van der Waals surface area contributed by atoms with Gasteiger partial charge >= 0.3 is 5.97 Å². The molecule has 3 rings (SSSR count). The van der Waals surface area contributed by atoms with Gasteiger partial charge in [-0.25, -0.2) is 9.48 Å². The second-order valence-electron chi connectivity index (χ2n) is 5.60. The molecule has 2 atom stereocenters. The molecule has 0 unspecified atom stereocenters. The van der Waals surface area contributed by atoms with Gasteiger partial charge in [0.05, 0.1) is 25.0 Å². The van der Waals surface area contributed by atoms with E-state index in [9.17, 15) is 9.59 Å². The van der Waals surface area contributed by atoms with Crippen LogP contribution in [0.4, 0.5) is 0 Å². The van der Waals surface area contributed by atoms with Crippen molar-refractivity contribution in [2.75, 3.05) is 26.5 Å². The van der Waals surface area contributed by atoms with Gasteiger partial charge in [-0.3, -0.25) is 4.79 Å².